The van der Waals surface area contributed by atoms with Crippen LogP contribution in [0, 0.1) is 0 Å². The summed E-state index contributed by atoms with van der Waals surface area (Å²) in [6.45, 7) is 1.95. The molecule has 0 spiro atoms. The van der Waals surface area contributed by atoms with Gasteiger partial charge in [-0.25, -0.2) is 4.98 Å². The van der Waals surface area contributed by atoms with Crippen molar-refractivity contribution in [2.45, 2.75) is 0 Å². The molecule has 1 aromatic heterocycles. The molecule has 1 aliphatic rings. The fraction of sp³-hybridized carbons (Fsp3) is 0.222. The van der Waals surface area contributed by atoms with Crippen LogP contribution in [0.25, 0.3) is 0 Å². The summed E-state index contributed by atoms with van der Waals surface area (Å²) < 4.78 is 1.08. The lowest BCUT2D eigenvalue weighted by Gasteiger charge is -2.15. The normalized spacial score (nSPS) is 15.6. The van der Waals surface area contributed by atoms with Gasteiger partial charge in [-0.1, -0.05) is 28.1 Å². The van der Waals surface area contributed by atoms with Gasteiger partial charge in [0.1, 0.15) is 5.82 Å². The Morgan fingerprint density at radius 2 is 2.08 bits per heavy atom. The zero-order valence-corrected chi connectivity index (χ0v) is 8.16. The Kier molecular flexibility index (Phi) is 2.13. The van der Waals surface area contributed by atoms with Crippen LogP contribution in [0.1, 0.15) is 0 Å². The molecule has 0 aliphatic carbocycles. The standard InChI is InChI=1S/C9H9BrN2/c10-8-3-4-11-9(7-8)12-5-1-2-6-12/h1-4,7H,5-6H2. The molecule has 0 fully saturated rings. The number of aromatic nitrogens is 1. The van der Waals surface area contributed by atoms with Gasteiger partial charge in [-0.3, -0.25) is 0 Å². The van der Waals surface area contributed by atoms with Gasteiger partial charge >= 0.3 is 0 Å². The smallest absolute Gasteiger partial charge is 0.130 e. The van der Waals surface area contributed by atoms with Crippen LogP contribution in [-0.2, 0) is 0 Å². The van der Waals surface area contributed by atoms with Gasteiger partial charge in [0.15, 0.2) is 0 Å². The molecule has 0 radical (unpaired) electrons. The summed E-state index contributed by atoms with van der Waals surface area (Å²) in [5.41, 5.74) is 0. The zero-order chi connectivity index (χ0) is 8.39. The number of halogens is 1. The van der Waals surface area contributed by atoms with Crippen LogP contribution in [0.5, 0.6) is 0 Å². The monoisotopic (exact) mass is 224 g/mol. The van der Waals surface area contributed by atoms with Gasteiger partial charge in [-0.2, -0.15) is 0 Å². The minimum atomic E-state index is 0.976. The molecule has 0 atom stereocenters. The molecular weight excluding hydrogens is 216 g/mol. The molecule has 1 aliphatic heterocycles. The average Bonchev–Trinajstić information content (AvgIpc) is 2.56. The third-order valence-corrected chi connectivity index (χ3v) is 2.34. The molecule has 0 saturated carbocycles. The maximum atomic E-state index is 4.28. The minimum Gasteiger partial charge on any atom is -0.349 e. The first-order chi connectivity index (χ1) is 5.86. The Hall–Kier alpha value is -0.830. The Bertz CT molecular complexity index is 301. The lowest BCUT2D eigenvalue weighted by Crippen LogP contribution is -2.19. The van der Waals surface area contributed by atoms with Gasteiger partial charge in [0, 0.05) is 23.8 Å². The summed E-state index contributed by atoms with van der Waals surface area (Å²) in [5, 5.41) is 0. The highest BCUT2D eigenvalue weighted by Gasteiger charge is 2.07. The van der Waals surface area contributed by atoms with E-state index in [-0.39, 0.29) is 0 Å². The van der Waals surface area contributed by atoms with Crippen molar-refractivity contribution >= 4 is 21.7 Å². The van der Waals surface area contributed by atoms with Crippen molar-refractivity contribution in [3.63, 3.8) is 0 Å². The van der Waals surface area contributed by atoms with Crippen LogP contribution in [0.15, 0.2) is 35.0 Å². The van der Waals surface area contributed by atoms with Gasteiger partial charge in [-0.15, -0.1) is 0 Å². The molecule has 2 heterocycles. The topological polar surface area (TPSA) is 16.1 Å². The predicted molar refractivity (Wildman–Crippen MR) is 53.3 cm³/mol. The van der Waals surface area contributed by atoms with E-state index in [9.17, 15) is 0 Å². The number of rotatable bonds is 1. The van der Waals surface area contributed by atoms with E-state index in [0.717, 1.165) is 23.4 Å². The number of hydrogen-bond acceptors (Lipinski definition) is 2. The van der Waals surface area contributed by atoms with Crippen molar-refractivity contribution in [2.75, 3.05) is 18.0 Å². The van der Waals surface area contributed by atoms with Gasteiger partial charge in [0.05, 0.1) is 0 Å². The average molecular weight is 225 g/mol. The van der Waals surface area contributed by atoms with Gasteiger partial charge in [0.2, 0.25) is 0 Å². The highest BCUT2D eigenvalue weighted by Crippen LogP contribution is 2.18. The number of hydrogen-bond donors (Lipinski definition) is 0. The number of anilines is 1. The summed E-state index contributed by atoms with van der Waals surface area (Å²) in [7, 11) is 0. The molecule has 0 bridgehead atoms. The Morgan fingerprint density at radius 1 is 1.33 bits per heavy atom. The van der Waals surface area contributed by atoms with E-state index in [1.807, 2.05) is 18.3 Å². The summed E-state index contributed by atoms with van der Waals surface area (Å²) >= 11 is 3.42. The fourth-order valence-electron chi connectivity index (χ4n) is 1.23. The fourth-order valence-corrected chi connectivity index (χ4v) is 1.55. The van der Waals surface area contributed by atoms with Crippen LogP contribution in [0.4, 0.5) is 5.82 Å². The first kappa shape index (κ1) is 7.80. The van der Waals surface area contributed by atoms with Crippen LogP contribution in [-0.4, -0.2) is 18.1 Å². The number of pyridine rings is 1. The molecule has 62 valence electrons. The van der Waals surface area contributed by atoms with Crippen molar-refractivity contribution in [3.8, 4) is 0 Å². The molecule has 1 aromatic rings. The molecule has 2 rings (SSSR count). The highest BCUT2D eigenvalue weighted by atomic mass is 79.9. The van der Waals surface area contributed by atoms with Crippen LogP contribution < -0.4 is 4.90 Å². The van der Waals surface area contributed by atoms with Crippen molar-refractivity contribution in [1.29, 1.82) is 0 Å². The molecule has 2 nitrogen and oxygen atoms in total. The summed E-state index contributed by atoms with van der Waals surface area (Å²) in [6, 6.07) is 3.97. The molecule has 0 aromatic carbocycles. The first-order valence-electron chi connectivity index (χ1n) is 3.88. The highest BCUT2D eigenvalue weighted by molar-refractivity contribution is 9.10. The quantitative estimate of drug-likeness (QED) is 0.681. The Balaban J connectivity index is 2.22. The lowest BCUT2D eigenvalue weighted by molar-refractivity contribution is 0.968. The van der Waals surface area contributed by atoms with E-state index in [1.165, 1.54) is 0 Å². The largest absolute Gasteiger partial charge is 0.349 e. The minimum absolute atomic E-state index is 0.976. The van der Waals surface area contributed by atoms with E-state index in [0.29, 0.717) is 0 Å². The van der Waals surface area contributed by atoms with Crippen molar-refractivity contribution in [3.05, 3.63) is 35.0 Å². The molecule has 0 unspecified atom stereocenters. The molecule has 0 amide bonds. The van der Waals surface area contributed by atoms with E-state index < -0.39 is 0 Å². The van der Waals surface area contributed by atoms with Crippen molar-refractivity contribution in [1.82, 2.24) is 4.98 Å². The molecular formula is C9H9BrN2. The second-order valence-electron chi connectivity index (χ2n) is 2.71. The van der Waals surface area contributed by atoms with Crippen molar-refractivity contribution in [2.24, 2.45) is 0 Å². The first-order valence-corrected chi connectivity index (χ1v) is 4.67. The molecule has 3 heteroatoms. The van der Waals surface area contributed by atoms with E-state index >= 15 is 0 Å². The van der Waals surface area contributed by atoms with Crippen LogP contribution in [0.2, 0.25) is 0 Å². The second kappa shape index (κ2) is 3.27. The lowest BCUT2D eigenvalue weighted by atomic mass is 10.4. The zero-order valence-electron chi connectivity index (χ0n) is 6.57. The Labute approximate surface area is 80.0 Å². The molecule has 0 saturated heterocycles. The summed E-state index contributed by atoms with van der Waals surface area (Å²) in [4.78, 5) is 6.49. The summed E-state index contributed by atoms with van der Waals surface area (Å²) in [5.74, 6) is 1.04. The Morgan fingerprint density at radius 3 is 2.75 bits per heavy atom. The van der Waals surface area contributed by atoms with Crippen LogP contribution >= 0.6 is 15.9 Å². The van der Waals surface area contributed by atoms with E-state index in [4.69, 9.17) is 0 Å². The third-order valence-electron chi connectivity index (χ3n) is 1.85. The predicted octanol–water partition coefficient (Wildman–Crippen LogP) is 2.22. The summed E-state index contributed by atoms with van der Waals surface area (Å²) in [6.07, 6.45) is 6.13. The maximum absolute atomic E-state index is 4.28. The SMILES string of the molecule is Brc1ccnc(N2CC=CC2)c1. The van der Waals surface area contributed by atoms with E-state index in [1.54, 1.807) is 0 Å². The molecule has 0 N–H and O–H groups in total. The molecule has 12 heavy (non-hydrogen) atoms. The second-order valence-corrected chi connectivity index (χ2v) is 3.62. The maximum Gasteiger partial charge on any atom is 0.130 e. The van der Waals surface area contributed by atoms with Gasteiger partial charge in [-0.05, 0) is 12.1 Å². The van der Waals surface area contributed by atoms with Crippen LogP contribution in [0.3, 0.4) is 0 Å². The van der Waals surface area contributed by atoms with Gasteiger partial charge < -0.3 is 4.90 Å². The van der Waals surface area contributed by atoms with Crippen molar-refractivity contribution < 1.29 is 0 Å². The van der Waals surface area contributed by atoms with E-state index in [2.05, 4.69) is 38.0 Å². The third kappa shape index (κ3) is 1.50. The van der Waals surface area contributed by atoms with Gasteiger partial charge in [0.25, 0.3) is 0 Å². The number of nitrogens with zero attached hydrogens (tertiary/aromatic N) is 2.